The minimum Gasteiger partial charge on any atom is -0.456 e. The van der Waals surface area contributed by atoms with E-state index >= 15 is 0 Å². The lowest BCUT2D eigenvalue weighted by molar-refractivity contribution is 0.668. The SMILES string of the molecule is Cc1cccc2c1c1ccccc1n2-c1c(C#N)c(-n2c3ccccc3c3c(C)cccc32)c(-n2c3ccccc3c3c(C)cccc32)c(-c2cccc3oc4ccncc4c23)c1-n1c2ccccc2c2c(C)cccc21. The first-order chi connectivity index (χ1) is 37.9. The number of fused-ring (bicyclic) bond motifs is 15. The number of nitrogens with zero attached hydrogens (tertiary/aromatic N) is 6. The van der Waals surface area contributed by atoms with Gasteiger partial charge >= 0.3 is 0 Å². The van der Waals surface area contributed by atoms with Crippen LogP contribution in [0.25, 0.3) is 143 Å². The lowest BCUT2D eigenvalue weighted by Crippen LogP contribution is -2.16. The highest BCUT2D eigenvalue weighted by Gasteiger charge is 2.36. The molecule has 6 aromatic heterocycles. The Morgan fingerprint density at radius 1 is 0.351 bits per heavy atom. The fourth-order valence-corrected chi connectivity index (χ4v) is 13.6. The number of furan rings is 1. The van der Waals surface area contributed by atoms with Gasteiger partial charge in [0.05, 0.1) is 66.9 Å². The van der Waals surface area contributed by atoms with E-state index in [1.54, 1.807) is 6.20 Å². The maximum atomic E-state index is 13.0. The number of rotatable bonds is 5. The van der Waals surface area contributed by atoms with Crippen LogP contribution < -0.4 is 0 Å². The largest absolute Gasteiger partial charge is 0.456 e. The Labute approximate surface area is 441 Å². The molecule has 0 aliphatic rings. The molecule has 0 saturated carbocycles. The number of nitriles is 1. The number of hydrogen-bond acceptors (Lipinski definition) is 3. The van der Waals surface area contributed by atoms with Crippen molar-refractivity contribution in [3.05, 3.63) is 234 Å². The highest BCUT2D eigenvalue weighted by Crippen LogP contribution is 2.54. The number of benzene rings is 10. The topological polar surface area (TPSA) is 69.5 Å². The van der Waals surface area contributed by atoms with E-state index in [0.717, 1.165) is 165 Å². The van der Waals surface area contributed by atoms with Crippen LogP contribution in [0.1, 0.15) is 27.8 Å². The Kier molecular flexibility index (Phi) is 8.95. The smallest absolute Gasteiger partial charge is 0.138 e. The van der Waals surface area contributed by atoms with E-state index < -0.39 is 0 Å². The van der Waals surface area contributed by atoms with Crippen molar-refractivity contribution in [3.63, 3.8) is 0 Å². The van der Waals surface area contributed by atoms with E-state index in [4.69, 9.17) is 9.40 Å². The second-order valence-electron chi connectivity index (χ2n) is 20.7. The van der Waals surface area contributed by atoms with E-state index in [9.17, 15) is 5.26 Å². The van der Waals surface area contributed by atoms with Gasteiger partial charge in [0.2, 0.25) is 0 Å². The molecule has 0 amide bonds. The van der Waals surface area contributed by atoms with Gasteiger partial charge in [-0.15, -0.1) is 0 Å². The average Bonchev–Trinajstić information content (AvgIpc) is 4.39. The molecule has 16 rings (SSSR count). The lowest BCUT2D eigenvalue weighted by Gasteiger charge is -2.29. The van der Waals surface area contributed by atoms with Gasteiger partial charge in [-0.1, -0.05) is 133 Å². The third-order valence-electron chi connectivity index (χ3n) is 16.6. The molecular weight excluding hydrogens is 941 g/mol. The summed E-state index contributed by atoms with van der Waals surface area (Å²) in [5.41, 5.74) is 19.9. The third kappa shape index (κ3) is 5.71. The predicted octanol–water partition coefficient (Wildman–Crippen LogP) is 18.1. The Morgan fingerprint density at radius 3 is 1.12 bits per heavy atom. The fraction of sp³-hybridized carbons (Fsp3) is 0.0571. The zero-order chi connectivity index (χ0) is 51.4. The van der Waals surface area contributed by atoms with Gasteiger partial charge in [-0.3, -0.25) is 4.98 Å². The molecule has 77 heavy (non-hydrogen) atoms. The maximum Gasteiger partial charge on any atom is 0.138 e. The second kappa shape index (κ2) is 15.9. The highest BCUT2D eigenvalue weighted by molar-refractivity contribution is 6.21. The van der Waals surface area contributed by atoms with Gasteiger partial charge in [0.1, 0.15) is 22.8 Å². The van der Waals surface area contributed by atoms with Gasteiger partial charge in [-0.05, 0) is 116 Å². The van der Waals surface area contributed by atoms with Gasteiger partial charge < -0.3 is 22.7 Å². The van der Waals surface area contributed by atoms with Crippen LogP contribution in [-0.4, -0.2) is 23.3 Å². The summed E-state index contributed by atoms with van der Waals surface area (Å²) in [7, 11) is 0. The van der Waals surface area contributed by atoms with Gasteiger partial charge in [0.25, 0.3) is 0 Å². The van der Waals surface area contributed by atoms with E-state index in [0.29, 0.717) is 5.56 Å². The number of pyridine rings is 1. The lowest BCUT2D eigenvalue weighted by atomic mass is 9.91. The van der Waals surface area contributed by atoms with Gasteiger partial charge in [-0.2, -0.15) is 5.26 Å². The maximum absolute atomic E-state index is 13.0. The van der Waals surface area contributed by atoms with Gasteiger partial charge in [0, 0.05) is 71.8 Å². The molecule has 0 aliphatic carbocycles. The van der Waals surface area contributed by atoms with Gasteiger partial charge in [0.15, 0.2) is 0 Å². The molecule has 0 unspecified atom stereocenters. The molecule has 0 spiro atoms. The van der Waals surface area contributed by atoms with E-state index in [2.05, 4.69) is 240 Å². The average molecular weight is 987 g/mol. The molecule has 7 heteroatoms. The first-order valence-electron chi connectivity index (χ1n) is 26.3. The third-order valence-corrected chi connectivity index (χ3v) is 16.6. The van der Waals surface area contributed by atoms with E-state index in [-0.39, 0.29) is 0 Å². The molecule has 0 bridgehead atoms. The molecule has 16 aromatic rings. The second-order valence-corrected chi connectivity index (χ2v) is 20.7. The Bertz CT molecular complexity index is 5030. The minimum absolute atomic E-state index is 0.523. The van der Waals surface area contributed by atoms with Crippen LogP contribution in [0.15, 0.2) is 211 Å². The number of para-hydroxylation sites is 4. The number of aryl methyl sites for hydroxylation is 4. The predicted molar refractivity (Wildman–Crippen MR) is 318 cm³/mol. The van der Waals surface area contributed by atoms with Crippen LogP contribution in [0, 0.1) is 39.0 Å². The fourth-order valence-electron chi connectivity index (χ4n) is 13.6. The molecule has 10 aromatic carbocycles. The van der Waals surface area contributed by atoms with Crippen molar-refractivity contribution >= 4 is 109 Å². The summed E-state index contributed by atoms with van der Waals surface area (Å²) in [6.45, 7) is 8.82. The summed E-state index contributed by atoms with van der Waals surface area (Å²) in [5, 5.41) is 23.9. The Morgan fingerprint density at radius 2 is 0.714 bits per heavy atom. The van der Waals surface area contributed by atoms with E-state index in [1.165, 1.54) is 0 Å². The molecular formula is C70H46N6O. The molecule has 0 N–H and O–H groups in total. The molecule has 362 valence electrons. The molecule has 0 atom stereocenters. The van der Waals surface area contributed by atoms with Crippen LogP contribution in [-0.2, 0) is 0 Å². The van der Waals surface area contributed by atoms with Crippen molar-refractivity contribution in [2.45, 2.75) is 27.7 Å². The van der Waals surface area contributed by atoms with Crippen molar-refractivity contribution in [3.8, 4) is 39.9 Å². The monoisotopic (exact) mass is 986 g/mol. The molecule has 7 nitrogen and oxygen atoms in total. The van der Waals surface area contributed by atoms with Crippen molar-refractivity contribution in [2.75, 3.05) is 0 Å². The molecule has 0 saturated heterocycles. The number of aromatic nitrogens is 5. The van der Waals surface area contributed by atoms with Crippen LogP contribution in [0.5, 0.6) is 0 Å². The molecule has 6 heterocycles. The zero-order valence-corrected chi connectivity index (χ0v) is 42.7. The number of hydrogen-bond donors (Lipinski definition) is 0. The summed E-state index contributed by atoms with van der Waals surface area (Å²) in [6.07, 6.45) is 3.74. The molecule has 0 radical (unpaired) electrons. The quantitative estimate of drug-likeness (QED) is 0.172. The normalized spacial score (nSPS) is 12.1. The molecule has 0 aliphatic heterocycles. The van der Waals surface area contributed by atoms with Crippen molar-refractivity contribution < 1.29 is 4.42 Å². The van der Waals surface area contributed by atoms with Crippen LogP contribution in [0.3, 0.4) is 0 Å². The van der Waals surface area contributed by atoms with Gasteiger partial charge in [-0.25, -0.2) is 0 Å². The Hall–Kier alpha value is -10.2. The Balaban J connectivity index is 1.31. The summed E-state index contributed by atoms with van der Waals surface area (Å²) >= 11 is 0. The van der Waals surface area contributed by atoms with Crippen molar-refractivity contribution in [1.29, 1.82) is 5.26 Å². The van der Waals surface area contributed by atoms with Crippen molar-refractivity contribution in [1.82, 2.24) is 23.3 Å². The molecule has 0 fully saturated rings. The summed E-state index contributed by atoms with van der Waals surface area (Å²) in [6, 6.07) is 72.9. The summed E-state index contributed by atoms with van der Waals surface area (Å²) < 4.78 is 16.6. The zero-order valence-electron chi connectivity index (χ0n) is 42.7. The van der Waals surface area contributed by atoms with Crippen LogP contribution in [0.2, 0.25) is 0 Å². The summed E-state index contributed by atoms with van der Waals surface area (Å²) in [4.78, 5) is 4.77. The minimum atomic E-state index is 0.523. The summed E-state index contributed by atoms with van der Waals surface area (Å²) in [5.74, 6) is 0. The van der Waals surface area contributed by atoms with Crippen LogP contribution in [0.4, 0.5) is 0 Å². The first-order valence-corrected chi connectivity index (χ1v) is 26.3. The first kappa shape index (κ1) is 43.3. The van der Waals surface area contributed by atoms with Crippen molar-refractivity contribution in [2.24, 2.45) is 0 Å². The highest BCUT2D eigenvalue weighted by atomic mass is 16.3. The van der Waals surface area contributed by atoms with Crippen LogP contribution >= 0.6 is 0 Å². The van der Waals surface area contributed by atoms with E-state index in [1.807, 2.05) is 12.3 Å². The standard InChI is InChI=1S/C70H46N6O/c1-40-18-13-31-55-61(40)44-22-5-9-27-51(44)73(55)67-49(38-71)68(74-52-28-10-6-23-45(52)62-41(2)19-14-32-56(62)74)70(76-54-30-12-8-25-47(54)64-43(4)21-16-34-58(64)76)66(48-26-17-35-60-65(48)50-39-72-37-36-59(50)77-60)69(67)75-53-29-11-7-24-46(53)63-42(3)20-15-33-57(63)75/h5-37,39H,1-4H3.